The van der Waals surface area contributed by atoms with Crippen molar-refractivity contribution in [3.05, 3.63) is 93.7 Å². The number of aromatic nitrogens is 1. The van der Waals surface area contributed by atoms with Crippen molar-refractivity contribution in [2.24, 2.45) is 0 Å². The monoisotopic (exact) mass is 454 g/mol. The summed E-state index contributed by atoms with van der Waals surface area (Å²) in [6.07, 6.45) is 1.56. The van der Waals surface area contributed by atoms with Crippen LogP contribution in [0, 0.1) is 0 Å². The van der Waals surface area contributed by atoms with Gasteiger partial charge in [-0.2, -0.15) is 0 Å². The first-order valence-electron chi connectivity index (χ1n) is 9.23. The molecule has 1 atom stereocenters. The number of halogens is 2. The Morgan fingerprint density at radius 1 is 1.03 bits per heavy atom. The number of ketones is 1. The lowest BCUT2D eigenvalue weighted by molar-refractivity contribution is -0.132. The third-order valence-electron chi connectivity index (χ3n) is 4.96. The van der Waals surface area contributed by atoms with Gasteiger partial charge in [0.05, 0.1) is 28.4 Å². The second-order valence-corrected chi connectivity index (χ2v) is 7.57. The first-order chi connectivity index (χ1) is 14.9. The number of Topliss-reactive ketones (excluding diaryl/α,β-unsaturated/α-hetero) is 1. The Balaban J connectivity index is 1.92. The summed E-state index contributed by atoms with van der Waals surface area (Å²) >= 11 is 12.1. The summed E-state index contributed by atoms with van der Waals surface area (Å²) in [5, 5.41) is 11.5. The number of ether oxygens (including phenoxy) is 1. The first-order valence-corrected chi connectivity index (χ1v) is 9.99. The predicted molar refractivity (Wildman–Crippen MR) is 118 cm³/mol. The van der Waals surface area contributed by atoms with Gasteiger partial charge in [-0.15, -0.1) is 0 Å². The Morgan fingerprint density at radius 2 is 1.77 bits per heavy atom. The molecule has 0 saturated carbocycles. The molecule has 1 saturated heterocycles. The quantitative estimate of drug-likeness (QED) is 0.340. The van der Waals surface area contributed by atoms with E-state index < -0.39 is 17.7 Å². The van der Waals surface area contributed by atoms with Crippen molar-refractivity contribution < 1.29 is 19.4 Å². The minimum Gasteiger partial charge on any atom is -0.507 e. The van der Waals surface area contributed by atoms with E-state index in [2.05, 4.69) is 4.98 Å². The molecule has 1 amide bonds. The summed E-state index contributed by atoms with van der Waals surface area (Å²) in [5.41, 5.74) is 1.08. The number of hydrogen-bond acceptors (Lipinski definition) is 5. The van der Waals surface area contributed by atoms with Gasteiger partial charge in [0.15, 0.2) is 0 Å². The van der Waals surface area contributed by atoms with Crippen LogP contribution in [0.4, 0.5) is 5.69 Å². The van der Waals surface area contributed by atoms with Crippen LogP contribution in [-0.4, -0.2) is 28.9 Å². The average Bonchev–Trinajstić information content (AvgIpc) is 3.06. The number of carbonyl (C=O) groups is 2. The largest absolute Gasteiger partial charge is 0.507 e. The van der Waals surface area contributed by atoms with E-state index in [0.29, 0.717) is 22.2 Å². The molecule has 6 nitrogen and oxygen atoms in total. The number of methoxy groups -OCH3 is 1. The number of carbonyl (C=O) groups excluding carboxylic acids is 2. The fourth-order valence-corrected chi connectivity index (χ4v) is 3.76. The van der Waals surface area contributed by atoms with Crippen molar-refractivity contribution in [2.45, 2.75) is 6.04 Å². The molecule has 8 heteroatoms. The maximum absolute atomic E-state index is 13.0. The summed E-state index contributed by atoms with van der Waals surface area (Å²) in [4.78, 5) is 31.7. The maximum atomic E-state index is 13.0. The Bertz CT molecular complexity index is 1190. The molecule has 2 aromatic carbocycles. The summed E-state index contributed by atoms with van der Waals surface area (Å²) in [6.45, 7) is 0. The van der Waals surface area contributed by atoms with Gasteiger partial charge in [0, 0.05) is 17.4 Å². The Morgan fingerprint density at radius 3 is 2.39 bits per heavy atom. The smallest absolute Gasteiger partial charge is 0.300 e. The third-order valence-corrected chi connectivity index (χ3v) is 5.70. The molecule has 1 N–H and O–H groups in total. The molecule has 4 rings (SSSR count). The molecule has 1 fully saturated rings. The van der Waals surface area contributed by atoms with Crippen LogP contribution in [0.2, 0.25) is 10.0 Å². The molecule has 31 heavy (non-hydrogen) atoms. The maximum Gasteiger partial charge on any atom is 0.300 e. The van der Waals surface area contributed by atoms with Crippen molar-refractivity contribution in [3.63, 3.8) is 0 Å². The molecule has 0 radical (unpaired) electrons. The molecule has 0 bridgehead atoms. The number of rotatable bonds is 4. The minimum absolute atomic E-state index is 0.0853. The molecular weight excluding hydrogens is 439 g/mol. The Kier molecular flexibility index (Phi) is 5.67. The average molecular weight is 455 g/mol. The molecule has 2 heterocycles. The Hall–Kier alpha value is -3.35. The van der Waals surface area contributed by atoms with Crippen molar-refractivity contribution in [1.82, 2.24) is 4.98 Å². The molecule has 1 aliphatic rings. The van der Waals surface area contributed by atoms with Crippen LogP contribution in [-0.2, 0) is 9.59 Å². The fourth-order valence-electron chi connectivity index (χ4n) is 3.46. The van der Waals surface area contributed by atoms with Crippen molar-refractivity contribution in [1.29, 1.82) is 0 Å². The highest BCUT2D eigenvalue weighted by molar-refractivity contribution is 6.51. The molecule has 3 aromatic rings. The topological polar surface area (TPSA) is 79.7 Å². The van der Waals surface area contributed by atoms with Crippen LogP contribution in [0.5, 0.6) is 5.75 Å². The van der Waals surface area contributed by atoms with Gasteiger partial charge in [-0.3, -0.25) is 19.5 Å². The van der Waals surface area contributed by atoms with Crippen molar-refractivity contribution >= 4 is 46.3 Å². The summed E-state index contributed by atoms with van der Waals surface area (Å²) in [5.74, 6) is -1.36. The van der Waals surface area contributed by atoms with Crippen LogP contribution in [0.3, 0.4) is 0 Å². The number of hydrogen-bond donors (Lipinski definition) is 1. The van der Waals surface area contributed by atoms with Gasteiger partial charge in [0.2, 0.25) is 0 Å². The highest BCUT2D eigenvalue weighted by Gasteiger charge is 2.47. The number of aliphatic hydroxyl groups is 1. The zero-order valence-corrected chi connectivity index (χ0v) is 17.8. The van der Waals surface area contributed by atoms with Crippen LogP contribution in [0.15, 0.2) is 72.4 Å². The number of amides is 1. The summed E-state index contributed by atoms with van der Waals surface area (Å²) < 4.78 is 5.17. The van der Waals surface area contributed by atoms with Gasteiger partial charge >= 0.3 is 0 Å². The van der Waals surface area contributed by atoms with Gasteiger partial charge in [-0.1, -0.05) is 29.3 Å². The van der Waals surface area contributed by atoms with E-state index in [1.807, 2.05) is 0 Å². The highest BCUT2D eigenvalue weighted by Crippen LogP contribution is 2.42. The van der Waals surface area contributed by atoms with Gasteiger partial charge < -0.3 is 9.84 Å². The SMILES string of the molecule is COc1ccc(N2C(=O)C(=O)/C(=C(\O)c3ccc(Cl)c(Cl)c3)C2c2ccccn2)cc1. The second-order valence-electron chi connectivity index (χ2n) is 6.75. The van der Waals surface area contributed by atoms with Gasteiger partial charge in [-0.05, 0) is 54.6 Å². The normalized spacial score (nSPS) is 17.8. The number of anilines is 1. The Labute approximate surface area is 188 Å². The molecule has 1 aromatic heterocycles. The number of pyridine rings is 1. The van der Waals surface area contributed by atoms with Crippen LogP contribution >= 0.6 is 23.2 Å². The lowest BCUT2D eigenvalue weighted by atomic mass is 9.98. The van der Waals surface area contributed by atoms with E-state index in [-0.39, 0.29) is 21.9 Å². The first kappa shape index (κ1) is 20.9. The van der Waals surface area contributed by atoms with Crippen LogP contribution in [0.1, 0.15) is 17.3 Å². The number of benzene rings is 2. The standard InChI is InChI=1S/C23H16Cl2N2O4/c1-31-15-8-6-14(7-9-15)27-20(18-4-2-3-11-26-18)19(22(29)23(27)30)21(28)13-5-10-16(24)17(25)12-13/h2-12,20,28H,1H3/b21-19-. The lowest BCUT2D eigenvalue weighted by Gasteiger charge is -2.24. The zero-order valence-electron chi connectivity index (χ0n) is 16.3. The minimum atomic E-state index is -0.927. The molecule has 0 aliphatic carbocycles. The molecule has 1 unspecified atom stereocenters. The molecule has 0 spiro atoms. The van der Waals surface area contributed by atoms with E-state index in [1.54, 1.807) is 48.7 Å². The van der Waals surface area contributed by atoms with E-state index in [9.17, 15) is 14.7 Å². The molecule has 156 valence electrons. The van der Waals surface area contributed by atoms with Crippen molar-refractivity contribution in [2.75, 3.05) is 12.0 Å². The van der Waals surface area contributed by atoms with E-state index in [0.717, 1.165) is 0 Å². The van der Waals surface area contributed by atoms with Crippen LogP contribution in [0.25, 0.3) is 5.76 Å². The van der Waals surface area contributed by atoms with Gasteiger partial charge in [-0.25, -0.2) is 0 Å². The van der Waals surface area contributed by atoms with E-state index in [1.165, 1.54) is 30.2 Å². The van der Waals surface area contributed by atoms with Crippen molar-refractivity contribution in [3.8, 4) is 5.75 Å². The van der Waals surface area contributed by atoms with E-state index >= 15 is 0 Å². The molecule has 1 aliphatic heterocycles. The zero-order chi connectivity index (χ0) is 22.1. The van der Waals surface area contributed by atoms with Gasteiger partial charge in [0.1, 0.15) is 17.6 Å². The predicted octanol–water partition coefficient (Wildman–Crippen LogP) is 5.02. The number of aliphatic hydroxyl groups excluding tert-OH is 1. The van der Waals surface area contributed by atoms with Crippen LogP contribution < -0.4 is 9.64 Å². The molecular formula is C23H16Cl2N2O4. The highest BCUT2D eigenvalue weighted by atomic mass is 35.5. The third kappa shape index (κ3) is 3.76. The van der Waals surface area contributed by atoms with E-state index in [4.69, 9.17) is 27.9 Å². The number of nitrogens with zero attached hydrogens (tertiary/aromatic N) is 2. The summed E-state index contributed by atoms with van der Waals surface area (Å²) in [6, 6.07) is 15.4. The fraction of sp³-hybridized carbons (Fsp3) is 0.0870. The second kappa shape index (κ2) is 8.41. The summed E-state index contributed by atoms with van der Waals surface area (Å²) in [7, 11) is 1.53. The van der Waals surface area contributed by atoms with Gasteiger partial charge in [0.25, 0.3) is 11.7 Å². The lowest BCUT2D eigenvalue weighted by Crippen LogP contribution is -2.29.